The number of halogens is 3. The van der Waals surface area contributed by atoms with E-state index in [1.54, 1.807) is 24.0 Å². The third-order valence-electron chi connectivity index (χ3n) is 2.97. The third-order valence-corrected chi connectivity index (χ3v) is 3.43. The molecule has 0 aliphatic carbocycles. The van der Waals surface area contributed by atoms with Gasteiger partial charge in [0.25, 0.3) is 0 Å². The summed E-state index contributed by atoms with van der Waals surface area (Å²) in [7, 11) is 1.78. The second-order valence-corrected chi connectivity index (χ2v) is 5.20. The predicted molar refractivity (Wildman–Crippen MR) is 70.5 cm³/mol. The van der Waals surface area contributed by atoms with Crippen LogP contribution in [0.2, 0.25) is 0 Å². The van der Waals surface area contributed by atoms with E-state index < -0.39 is 17.7 Å². The van der Waals surface area contributed by atoms with Crippen LogP contribution in [0.25, 0.3) is 0 Å². The Kier molecular flexibility index (Phi) is 4.31. The van der Waals surface area contributed by atoms with Crippen molar-refractivity contribution in [3.8, 4) is 0 Å². The summed E-state index contributed by atoms with van der Waals surface area (Å²) >= 11 is 3.00. The molecule has 0 bridgehead atoms. The van der Waals surface area contributed by atoms with E-state index >= 15 is 0 Å². The predicted octanol–water partition coefficient (Wildman–Crippen LogP) is 3.13. The van der Waals surface area contributed by atoms with Gasteiger partial charge < -0.3 is 5.11 Å². The lowest BCUT2D eigenvalue weighted by Gasteiger charge is -2.13. The number of nitrogens with zero attached hydrogens (tertiary/aromatic N) is 2. The Labute approximate surface area is 118 Å². The summed E-state index contributed by atoms with van der Waals surface area (Å²) in [4.78, 5) is 0. The normalized spacial score (nSPS) is 12.7. The maximum absolute atomic E-state index is 13.7. The van der Waals surface area contributed by atoms with Crippen molar-refractivity contribution in [1.82, 2.24) is 9.78 Å². The molecule has 19 heavy (non-hydrogen) atoms. The van der Waals surface area contributed by atoms with Gasteiger partial charge in [-0.3, -0.25) is 4.68 Å². The molecule has 102 valence electrons. The van der Waals surface area contributed by atoms with Gasteiger partial charge in [-0.05, 0) is 31.0 Å². The fraction of sp³-hybridized carbons (Fsp3) is 0.308. The number of aryl methyl sites for hydroxylation is 2. The van der Waals surface area contributed by atoms with Crippen molar-refractivity contribution < 1.29 is 13.9 Å². The Morgan fingerprint density at radius 3 is 2.53 bits per heavy atom. The van der Waals surface area contributed by atoms with Crippen LogP contribution in [0, 0.1) is 11.6 Å². The number of hydrogen-bond donors (Lipinski definition) is 1. The van der Waals surface area contributed by atoms with Gasteiger partial charge in [-0.25, -0.2) is 8.78 Å². The number of hydrogen-bond acceptors (Lipinski definition) is 2. The van der Waals surface area contributed by atoms with Crippen LogP contribution in [0.3, 0.4) is 0 Å². The first-order valence-electron chi connectivity index (χ1n) is 5.78. The Bertz CT molecular complexity index is 563. The molecule has 0 amide bonds. The molecule has 6 heteroatoms. The Hall–Kier alpha value is -1.27. The molecule has 1 N–H and O–H groups in total. The quantitative estimate of drug-likeness (QED) is 0.935. The number of aliphatic hydroxyl groups excluding tert-OH is 1. The maximum atomic E-state index is 13.7. The van der Waals surface area contributed by atoms with Gasteiger partial charge >= 0.3 is 0 Å². The molecule has 0 aliphatic rings. The number of aliphatic hydroxyl groups is 1. The van der Waals surface area contributed by atoms with E-state index in [0.29, 0.717) is 10.9 Å². The number of aromatic nitrogens is 2. The van der Waals surface area contributed by atoms with Crippen molar-refractivity contribution in [2.75, 3.05) is 0 Å². The van der Waals surface area contributed by atoms with Gasteiger partial charge in [-0.1, -0.05) is 15.9 Å². The zero-order valence-corrected chi connectivity index (χ0v) is 11.9. The van der Waals surface area contributed by atoms with E-state index in [1.807, 2.05) is 0 Å². The molecule has 3 nitrogen and oxygen atoms in total. The molecule has 1 heterocycles. The molecule has 0 radical (unpaired) electrons. The number of benzene rings is 1. The van der Waals surface area contributed by atoms with Crippen LogP contribution in [-0.4, -0.2) is 14.9 Å². The standard InChI is InChI=1S/C13H13BrF2N2O/c1-18-9(4-5-17-18)2-3-12(19)13-10(15)6-8(14)7-11(13)16/h4-7,12,19H,2-3H2,1H3. The van der Waals surface area contributed by atoms with Gasteiger partial charge in [0.2, 0.25) is 0 Å². The molecular weight excluding hydrogens is 318 g/mol. The summed E-state index contributed by atoms with van der Waals surface area (Å²) in [5.74, 6) is -1.49. The summed E-state index contributed by atoms with van der Waals surface area (Å²) in [5, 5.41) is 13.9. The molecule has 0 fully saturated rings. The minimum atomic E-state index is -1.18. The minimum absolute atomic E-state index is 0.231. The number of rotatable bonds is 4. The van der Waals surface area contributed by atoms with Crippen LogP contribution >= 0.6 is 15.9 Å². The first-order chi connectivity index (χ1) is 8.99. The molecule has 0 saturated carbocycles. The molecule has 2 rings (SSSR count). The first kappa shape index (κ1) is 14.1. The van der Waals surface area contributed by atoms with Crippen molar-refractivity contribution in [3.63, 3.8) is 0 Å². The smallest absolute Gasteiger partial charge is 0.133 e. The van der Waals surface area contributed by atoms with E-state index in [1.165, 1.54) is 0 Å². The lowest BCUT2D eigenvalue weighted by atomic mass is 10.0. The molecule has 1 atom stereocenters. The van der Waals surface area contributed by atoms with Gasteiger partial charge in [0, 0.05) is 23.4 Å². The lowest BCUT2D eigenvalue weighted by molar-refractivity contribution is 0.157. The lowest BCUT2D eigenvalue weighted by Crippen LogP contribution is -2.07. The van der Waals surface area contributed by atoms with Crippen molar-refractivity contribution in [1.29, 1.82) is 0 Å². The molecule has 1 aromatic carbocycles. The fourth-order valence-corrected chi connectivity index (χ4v) is 2.35. The molecule has 0 aliphatic heterocycles. The van der Waals surface area contributed by atoms with Gasteiger partial charge in [0.05, 0.1) is 11.7 Å². The van der Waals surface area contributed by atoms with E-state index in [9.17, 15) is 13.9 Å². The Balaban J connectivity index is 2.12. The van der Waals surface area contributed by atoms with Crippen molar-refractivity contribution >= 4 is 15.9 Å². The molecule has 0 spiro atoms. The van der Waals surface area contributed by atoms with Crippen LogP contribution in [0.1, 0.15) is 23.8 Å². The maximum Gasteiger partial charge on any atom is 0.133 e. The molecule has 2 aromatic rings. The zero-order chi connectivity index (χ0) is 14.0. The fourth-order valence-electron chi connectivity index (χ4n) is 1.95. The second kappa shape index (κ2) is 5.79. The van der Waals surface area contributed by atoms with Gasteiger partial charge in [-0.2, -0.15) is 5.10 Å². The molecule has 0 saturated heterocycles. The van der Waals surface area contributed by atoms with E-state index in [0.717, 1.165) is 17.8 Å². The highest BCUT2D eigenvalue weighted by Crippen LogP contribution is 2.27. The minimum Gasteiger partial charge on any atom is -0.388 e. The monoisotopic (exact) mass is 330 g/mol. The van der Waals surface area contributed by atoms with E-state index in [2.05, 4.69) is 21.0 Å². The second-order valence-electron chi connectivity index (χ2n) is 4.28. The average molecular weight is 331 g/mol. The van der Waals surface area contributed by atoms with E-state index in [4.69, 9.17) is 0 Å². The molecule has 1 aromatic heterocycles. The van der Waals surface area contributed by atoms with Crippen molar-refractivity contribution in [2.24, 2.45) is 7.05 Å². The van der Waals surface area contributed by atoms with Crippen LogP contribution in [0.5, 0.6) is 0 Å². The average Bonchev–Trinajstić information content (AvgIpc) is 2.70. The third kappa shape index (κ3) is 3.19. The summed E-state index contributed by atoms with van der Waals surface area (Å²) in [6.45, 7) is 0. The topological polar surface area (TPSA) is 38.0 Å². The van der Waals surface area contributed by atoms with Crippen LogP contribution in [0.15, 0.2) is 28.9 Å². The van der Waals surface area contributed by atoms with Crippen LogP contribution < -0.4 is 0 Å². The van der Waals surface area contributed by atoms with Gasteiger partial charge in [-0.15, -0.1) is 0 Å². The summed E-state index contributed by atoms with van der Waals surface area (Å²) in [5.41, 5.74) is 0.613. The summed E-state index contributed by atoms with van der Waals surface area (Å²) in [6, 6.07) is 4.10. The van der Waals surface area contributed by atoms with Crippen molar-refractivity contribution in [2.45, 2.75) is 18.9 Å². The summed E-state index contributed by atoms with van der Waals surface area (Å²) < 4.78 is 29.3. The highest BCUT2D eigenvalue weighted by atomic mass is 79.9. The first-order valence-corrected chi connectivity index (χ1v) is 6.57. The largest absolute Gasteiger partial charge is 0.388 e. The SMILES string of the molecule is Cn1nccc1CCC(O)c1c(F)cc(Br)cc1F. The summed E-state index contributed by atoms with van der Waals surface area (Å²) in [6.07, 6.45) is 1.19. The van der Waals surface area contributed by atoms with E-state index in [-0.39, 0.29) is 12.0 Å². The van der Waals surface area contributed by atoms with Gasteiger partial charge in [0.15, 0.2) is 0 Å². The van der Waals surface area contributed by atoms with Crippen LogP contribution in [-0.2, 0) is 13.5 Å². The van der Waals surface area contributed by atoms with Gasteiger partial charge in [0.1, 0.15) is 11.6 Å². The highest BCUT2D eigenvalue weighted by Gasteiger charge is 2.19. The highest BCUT2D eigenvalue weighted by molar-refractivity contribution is 9.10. The zero-order valence-electron chi connectivity index (χ0n) is 10.3. The van der Waals surface area contributed by atoms with Crippen molar-refractivity contribution in [3.05, 3.63) is 51.8 Å². The molecule has 1 unspecified atom stereocenters. The van der Waals surface area contributed by atoms with Crippen LogP contribution in [0.4, 0.5) is 8.78 Å². The molecular formula is C13H13BrF2N2O. The Morgan fingerprint density at radius 1 is 1.37 bits per heavy atom. The Morgan fingerprint density at radius 2 is 2.00 bits per heavy atom.